The lowest BCUT2D eigenvalue weighted by molar-refractivity contribution is -0.208. The molecule has 0 aliphatic carbocycles. The highest BCUT2D eigenvalue weighted by atomic mass is 32.2. The van der Waals surface area contributed by atoms with Crippen LogP contribution in [-0.4, -0.2) is 38.3 Å². The van der Waals surface area contributed by atoms with Crippen molar-refractivity contribution in [3.8, 4) is 0 Å². The number of nitrogens with zero attached hydrogens (tertiary/aromatic N) is 2. The van der Waals surface area contributed by atoms with Gasteiger partial charge in [0.05, 0.1) is 6.20 Å². The highest BCUT2D eigenvalue weighted by Crippen LogP contribution is 2.27. The van der Waals surface area contributed by atoms with Gasteiger partial charge >= 0.3 is 12.1 Å². The second-order valence-electron chi connectivity index (χ2n) is 3.33. The molecule has 1 atom stereocenters. The summed E-state index contributed by atoms with van der Waals surface area (Å²) in [6, 6.07) is 0. The lowest BCUT2D eigenvalue weighted by atomic mass is 10.3. The average molecular weight is 272 g/mol. The van der Waals surface area contributed by atoms with E-state index in [1.54, 1.807) is 0 Å². The van der Waals surface area contributed by atoms with Crippen molar-refractivity contribution in [3.63, 3.8) is 0 Å². The Morgan fingerprint density at radius 2 is 2.06 bits per heavy atom. The fourth-order valence-corrected chi connectivity index (χ4v) is 2.03. The Balaban J connectivity index is 2.93. The van der Waals surface area contributed by atoms with E-state index in [2.05, 4.69) is 15.0 Å². The zero-order valence-corrected chi connectivity index (χ0v) is 9.25. The van der Waals surface area contributed by atoms with Gasteiger partial charge in [-0.25, -0.2) is 13.2 Å². The third-order valence-corrected chi connectivity index (χ3v) is 2.54. The number of halogens is 3. The van der Waals surface area contributed by atoms with Crippen molar-refractivity contribution < 1.29 is 31.1 Å². The topological polar surface area (TPSA) is 85.2 Å². The predicted molar refractivity (Wildman–Crippen MR) is 48.6 cm³/mol. The number of esters is 1. The van der Waals surface area contributed by atoms with Crippen LogP contribution < -0.4 is 0 Å². The Morgan fingerprint density at radius 3 is 2.41 bits per heavy atom. The molecule has 1 heterocycles. The molecule has 1 rings (SSSR count). The number of hydrogen-bond donors (Lipinski definition) is 0. The number of ether oxygens (including phenoxy) is 1. The van der Waals surface area contributed by atoms with Gasteiger partial charge in [-0.05, 0) is 0 Å². The molecular formula is C7H7F3N2O4S. The van der Waals surface area contributed by atoms with Gasteiger partial charge in [0.1, 0.15) is 5.75 Å². The molecule has 17 heavy (non-hydrogen) atoms. The van der Waals surface area contributed by atoms with E-state index in [0.29, 0.717) is 0 Å². The molecule has 1 unspecified atom stereocenters. The largest absolute Gasteiger partial charge is 0.491 e. The van der Waals surface area contributed by atoms with Gasteiger partial charge in [0.25, 0.3) is 5.72 Å². The maximum Gasteiger partial charge on any atom is 0.491 e. The minimum Gasteiger partial charge on any atom is -0.424 e. The summed E-state index contributed by atoms with van der Waals surface area (Å²) in [7, 11) is -3.71. The number of carbonyl (C=O) groups is 1. The van der Waals surface area contributed by atoms with E-state index in [1.165, 1.54) is 0 Å². The maximum atomic E-state index is 12.0. The van der Waals surface area contributed by atoms with Gasteiger partial charge < -0.3 is 4.74 Å². The van der Waals surface area contributed by atoms with Crippen molar-refractivity contribution >= 4 is 15.8 Å². The molecule has 1 aliphatic rings. The molecule has 0 N–H and O–H groups in total. The summed E-state index contributed by atoms with van der Waals surface area (Å²) in [5, 5.41) is 6.39. The molecule has 0 amide bonds. The molecule has 6 nitrogen and oxygen atoms in total. The van der Waals surface area contributed by atoms with Gasteiger partial charge in [-0.15, -0.1) is 5.11 Å². The Hall–Kier alpha value is -1.45. The standard InChI is InChI=1S/C7H7F3N2O4S/c1-17(14,15)4-6(2-3-11-12-6)16-5(13)7(8,9)10/h2-3H,4H2,1H3. The van der Waals surface area contributed by atoms with E-state index in [-0.39, 0.29) is 0 Å². The van der Waals surface area contributed by atoms with Gasteiger partial charge in [0.15, 0.2) is 9.84 Å². The van der Waals surface area contributed by atoms with Gasteiger partial charge in [-0.2, -0.15) is 18.3 Å². The molecule has 0 aromatic heterocycles. The summed E-state index contributed by atoms with van der Waals surface area (Å²) in [6.45, 7) is 0. The molecule has 0 saturated carbocycles. The minimum absolute atomic E-state index is 0.776. The van der Waals surface area contributed by atoms with Crippen molar-refractivity contribution in [2.75, 3.05) is 12.0 Å². The van der Waals surface area contributed by atoms with Crippen LogP contribution in [0, 0.1) is 0 Å². The first-order chi connectivity index (χ1) is 7.54. The summed E-state index contributed by atoms with van der Waals surface area (Å²) in [6.07, 6.45) is -2.62. The average Bonchev–Trinajstić information content (AvgIpc) is 2.47. The third-order valence-electron chi connectivity index (χ3n) is 1.60. The Morgan fingerprint density at radius 1 is 1.47 bits per heavy atom. The van der Waals surface area contributed by atoms with Crippen LogP contribution in [0.3, 0.4) is 0 Å². The molecule has 96 valence electrons. The zero-order valence-electron chi connectivity index (χ0n) is 8.43. The number of sulfone groups is 1. The molecule has 10 heteroatoms. The predicted octanol–water partition coefficient (Wildman–Crippen LogP) is 0.812. The summed E-state index contributed by atoms with van der Waals surface area (Å²) < 4.78 is 62.0. The number of hydrogen-bond acceptors (Lipinski definition) is 6. The van der Waals surface area contributed by atoms with Gasteiger partial charge in [-0.3, -0.25) is 0 Å². The van der Waals surface area contributed by atoms with Crippen LogP contribution in [0.2, 0.25) is 0 Å². The summed E-state index contributed by atoms with van der Waals surface area (Å²) in [5.74, 6) is -3.42. The molecular weight excluding hydrogens is 265 g/mol. The van der Waals surface area contributed by atoms with Crippen LogP contribution in [0.4, 0.5) is 13.2 Å². The first-order valence-electron chi connectivity index (χ1n) is 4.12. The fraction of sp³-hybridized carbons (Fsp3) is 0.571. The normalized spacial score (nSPS) is 24.0. The van der Waals surface area contributed by atoms with Crippen LogP contribution in [0.15, 0.2) is 22.5 Å². The van der Waals surface area contributed by atoms with E-state index < -0.39 is 33.5 Å². The van der Waals surface area contributed by atoms with Gasteiger partial charge in [-0.1, -0.05) is 0 Å². The minimum atomic E-state index is -5.23. The molecule has 0 fully saturated rings. The Labute approximate surface area is 94.1 Å². The van der Waals surface area contributed by atoms with E-state index in [0.717, 1.165) is 18.5 Å². The lowest BCUT2D eigenvalue weighted by Crippen LogP contribution is -2.41. The van der Waals surface area contributed by atoms with Crippen LogP contribution in [0.25, 0.3) is 0 Å². The smallest absolute Gasteiger partial charge is 0.424 e. The highest BCUT2D eigenvalue weighted by molar-refractivity contribution is 7.90. The monoisotopic (exact) mass is 272 g/mol. The number of rotatable bonds is 3. The molecule has 0 aromatic carbocycles. The fourth-order valence-electron chi connectivity index (χ4n) is 1.07. The van der Waals surface area contributed by atoms with Crippen molar-refractivity contribution in [3.05, 3.63) is 12.3 Å². The maximum absolute atomic E-state index is 12.0. The van der Waals surface area contributed by atoms with Crippen molar-refractivity contribution in [2.24, 2.45) is 10.2 Å². The van der Waals surface area contributed by atoms with E-state index in [1.807, 2.05) is 0 Å². The van der Waals surface area contributed by atoms with E-state index >= 15 is 0 Å². The number of alkyl halides is 3. The SMILES string of the molecule is CS(=O)(=O)CC1(OC(=O)C(F)(F)F)C=CN=N1. The molecule has 0 radical (unpaired) electrons. The van der Waals surface area contributed by atoms with Crippen LogP contribution in [-0.2, 0) is 19.4 Å². The molecule has 0 spiro atoms. The summed E-state index contributed by atoms with van der Waals surface area (Å²) >= 11 is 0. The van der Waals surface area contributed by atoms with Crippen LogP contribution in [0.5, 0.6) is 0 Å². The summed E-state index contributed by atoms with van der Waals surface area (Å²) in [5.41, 5.74) is -2.22. The van der Waals surface area contributed by atoms with Crippen LogP contribution in [0.1, 0.15) is 0 Å². The van der Waals surface area contributed by atoms with E-state index in [4.69, 9.17) is 0 Å². The lowest BCUT2D eigenvalue weighted by Gasteiger charge is -2.22. The van der Waals surface area contributed by atoms with Gasteiger partial charge in [0.2, 0.25) is 0 Å². The summed E-state index contributed by atoms with van der Waals surface area (Å²) in [4.78, 5) is 10.6. The second kappa shape index (κ2) is 4.09. The van der Waals surface area contributed by atoms with Crippen molar-refractivity contribution in [1.29, 1.82) is 0 Å². The first-order valence-corrected chi connectivity index (χ1v) is 6.18. The Bertz CT molecular complexity index is 468. The molecule has 0 aromatic rings. The second-order valence-corrected chi connectivity index (χ2v) is 5.47. The van der Waals surface area contributed by atoms with Crippen molar-refractivity contribution in [1.82, 2.24) is 0 Å². The van der Waals surface area contributed by atoms with Crippen LogP contribution >= 0.6 is 0 Å². The highest BCUT2D eigenvalue weighted by Gasteiger charge is 2.48. The zero-order chi connectivity index (χ0) is 13.3. The van der Waals surface area contributed by atoms with Gasteiger partial charge in [0, 0.05) is 12.3 Å². The third kappa shape index (κ3) is 3.80. The molecule has 0 bridgehead atoms. The quantitative estimate of drug-likeness (QED) is 0.711. The van der Waals surface area contributed by atoms with Crippen molar-refractivity contribution in [2.45, 2.75) is 11.9 Å². The number of carbonyl (C=O) groups excluding carboxylic acids is 1. The Kier molecular flexibility index (Phi) is 3.28. The molecule has 0 saturated heterocycles. The number of azo groups is 1. The van der Waals surface area contributed by atoms with E-state index in [9.17, 15) is 26.4 Å². The molecule has 1 aliphatic heterocycles. The first kappa shape index (κ1) is 13.6.